The van der Waals surface area contributed by atoms with Gasteiger partial charge >= 0.3 is 0 Å². The first-order chi connectivity index (χ1) is 9.88. The Morgan fingerprint density at radius 3 is 2.95 bits per heavy atom. The van der Waals surface area contributed by atoms with Gasteiger partial charge in [-0.15, -0.1) is 0 Å². The van der Waals surface area contributed by atoms with Crippen LogP contribution in [0.4, 0.5) is 0 Å². The number of aryl methyl sites for hydroxylation is 1. The quantitative estimate of drug-likeness (QED) is 0.925. The molecule has 3 heteroatoms. The molecule has 106 valence electrons. The van der Waals surface area contributed by atoms with Crippen LogP contribution in [0.5, 0.6) is 0 Å². The summed E-state index contributed by atoms with van der Waals surface area (Å²) in [4.78, 5) is 4.35. The summed E-state index contributed by atoms with van der Waals surface area (Å²) in [5.41, 5.74) is 2.85. The molecule has 2 heterocycles. The molecule has 2 atom stereocenters. The van der Waals surface area contributed by atoms with Gasteiger partial charge in [0.1, 0.15) is 0 Å². The monoisotopic (exact) mass is 269 g/mol. The lowest BCUT2D eigenvalue weighted by molar-refractivity contribution is 0.313. The molecule has 0 bridgehead atoms. The Bertz CT molecular complexity index is 532. The zero-order valence-electron chi connectivity index (χ0n) is 12.1. The Morgan fingerprint density at radius 2 is 2.15 bits per heavy atom. The van der Waals surface area contributed by atoms with E-state index < -0.39 is 0 Å². The van der Waals surface area contributed by atoms with E-state index in [1.54, 1.807) is 0 Å². The zero-order chi connectivity index (χ0) is 13.8. The Balaban J connectivity index is 1.81. The van der Waals surface area contributed by atoms with Crippen LogP contribution in [0.15, 0.2) is 42.9 Å². The summed E-state index contributed by atoms with van der Waals surface area (Å²) in [6.45, 7) is 5.43. The maximum Gasteiger partial charge on any atom is 0.0948 e. The lowest BCUT2D eigenvalue weighted by Gasteiger charge is -2.32. The summed E-state index contributed by atoms with van der Waals surface area (Å²) in [7, 11) is 0. The molecule has 1 aromatic carbocycles. The van der Waals surface area contributed by atoms with Crippen LogP contribution < -0.4 is 5.32 Å². The highest BCUT2D eigenvalue weighted by atomic mass is 15.0. The van der Waals surface area contributed by atoms with Crippen molar-refractivity contribution < 1.29 is 0 Å². The summed E-state index contributed by atoms with van der Waals surface area (Å²) >= 11 is 0. The molecule has 1 saturated heterocycles. The van der Waals surface area contributed by atoms with E-state index in [1.165, 1.54) is 17.7 Å². The molecule has 0 amide bonds. The lowest BCUT2D eigenvalue weighted by Crippen LogP contribution is -2.37. The van der Waals surface area contributed by atoms with Crippen molar-refractivity contribution in [1.29, 1.82) is 0 Å². The third kappa shape index (κ3) is 2.78. The molecule has 1 N–H and O–H groups in total. The van der Waals surface area contributed by atoms with Crippen LogP contribution in [0.3, 0.4) is 0 Å². The normalized spacial score (nSPS) is 22.9. The number of benzene rings is 1. The maximum absolute atomic E-state index is 4.35. The highest BCUT2D eigenvalue weighted by Crippen LogP contribution is 2.32. The second-order valence-electron chi connectivity index (χ2n) is 5.65. The average molecular weight is 269 g/mol. The van der Waals surface area contributed by atoms with Crippen molar-refractivity contribution in [1.82, 2.24) is 14.9 Å². The van der Waals surface area contributed by atoms with Gasteiger partial charge in [0.05, 0.1) is 6.33 Å². The lowest BCUT2D eigenvalue weighted by atomic mass is 9.80. The number of hydrogen-bond donors (Lipinski definition) is 1. The third-order valence-corrected chi connectivity index (χ3v) is 4.41. The predicted molar refractivity (Wildman–Crippen MR) is 81.8 cm³/mol. The summed E-state index contributed by atoms with van der Waals surface area (Å²) in [5, 5.41) is 3.55. The summed E-state index contributed by atoms with van der Waals surface area (Å²) in [6, 6.07) is 10.8. The number of nitrogens with one attached hydrogen (secondary N) is 1. The van der Waals surface area contributed by atoms with Crippen molar-refractivity contribution in [2.24, 2.45) is 5.92 Å². The van der Waals surface area contributed by atoms with E-state index in [0.29, 0.717) is 11.8 Å². The highest BCUT2D eigenvalue weighted by Gasteiger charge is 2.28. The van der Waals surface area contributed by atoms with Crippen molar-refractivity contribution in [2.45, 2.75) is 32.2 Å². The Kier molecular flexibility index (Phi) is 4.16. The molecule has 1 aromatic heterocycles. The molecular formula is C17H23N3. The molecule has 3 nitrogen and oxygen atoms in total. The predicted octanol–water partition coefficient (Wildman–Crippen LogP) is 2.84. The molecule has 0 spiro atoms. The highest BCUT2D eigenvalue weighted by molar-refractivity contribution is 5.18. The summed E-state index contributed by atoms with van der Waals surface area (Å²) in [5.74, 6) is 1.28. The molecule has 3 rings (SSSR count). The minimum Gasteiger partial charge on any atom is -0.335 e. The topological polar surface area (TPSA) is 29.9 Å². The van der Waals surface area contributed by atoms with Gasteiger partial charge < -0.3 is 9.88 Å². The number of nitrogens with zero attached hydrogens (tertiary/aromatic N) is 2. The first kappa shape index (κ1) is 13.4. The van der Waals surface area contributed by atoms with Crippen LogP contribution in [0, 0.1) is 5.92 Å². The van der Waals surface area contributed by atoms with Gasteiger partial charge in [-0.05, 0) is 44.3 Å². The van der Waals surface area contributed by atoms with E-state index in [-0.39, 0.29) is 0 Å². The molecule has 1 aliphatic rings. The number of aromatic nitrogens is 2. The van der Waals surface area contributed by atoms with Crippen LogP contribution in [0.2, 0.25) is 0 Å². The SMILES string of the molecule is CCn1cncc1C1CCNCC1Cc1ccccc1. The standard InChI is InChI=1S/C17H23N3/c1-2-20-13-19-12-17(20)16-8-9-18-11-15(16)10-14-6-4-3-5-7-14/h3-7,12-13,15-16,18H,2,8-11H2,1H3. The summed E-state index contributed by atoms with van der Waals surface area (Å²) in [6.07, 6.45) is 6.39. The second-order valence-corrected chi connectivity index (χ2v) is 5.65. The fourth-order valence-corrected chi connectivity index (χ4v) is 3.35. The van der Waals surface area contributed by atoms with E-state index in [0.717, 1.165) is 26.1 Å². The molecule has 1 aliphatic heterocycles. The molecule has 1 fully saturated rings. The van der Waals surface area contributed by atoms with Crippen molar-refractivity contribution >= 4 is 0 Å². The van der Waals surface area contributed by atoms with Crippen LogP contribution >= 0.6 is 0 Å². The van der Waals surface area contributed by atoms with Crippen LogP contribution in [0.1, 0.15) is 30.5 Å². The van der Waals surface area contributed by atoms with Gasteiger partial charge in [0.25, 0.3) is 0 Å². The van der Waals surface area contributed by atoms with Gasteiger partial charge in [0.2, 0.25) is 0 Å². The van der Waals surface area contributed by atoms with Crippen LogP contribution in [0.25, 0.3) is 0 Å². The van der Waals surface area contributed by atoms with Gasteiger partial charge in [0.15, 0.2) is 0 Å². The molecule has 0 aliphatic carbocycles. The maximum atomic E-state index is 4.35. The largest absolute Gasteiger partial charge is 0.335 e. The van der Waals surface area contributed by atoms with Crippen molar-refractivity contribution in [3.63, 3.8) is 0 Å². The Hall–Kier alpha value is -1.61. The molecule has 0 saturated carbocycles. The van der Waals surface area contributed by atoms with Gasteiger partial charge in [0, 0.05) is 24.4 Å². The fraction of sp³-hybridized carbons (Fsp3) is 0.471. The number of rotatable bonds is 4. The zero-order valence-corrected chi connectivity index (χ0v) is 12.1. The van der Waals surface area contributed by atoms with Crippen molar-refractivity contribution in [2.75, 3.05) is 13.1 Å². The number of imidazole rings is 1. The minimum atomic E-state index is 0.624. The second kappa shape index (κ2) is 6.23. The van der Waals surface area contributed by atoms with Crippen molar-refractivity contribution in [3.05, 3.63) is 54.1 Å². The van der Waals surface area contributed by atoms with Crippen molar-refractivity contribution in [3.8, 4) is 0 Å². The summed E-state index contributed by atoms with van der Waals surface area (Å²) < 4.78 is 2.30. The van der Waals surface area contributed by atoms with E-state index in [2.05, 4.69) is 58.3 Å². The molecule has 2 unspecified atom stereocenters. The molecular weight excluding hydrogens is 246 g/mol. The van der Waals surface area contributed by atoms with E-state index in [1.807, 2.05) is 6.33 Å². The number of piperidine rings is 1. The third-order valence-electron chi connectivity index (χ3n) is 4.41. The Morgan fingerprint density at radius 1 is 1.30 bits per heavy atom. The molecule has 2 aromatic rings. The van der Waals surface area contributed by atoms with Gasteiger partial charge in [-0.2, -0.15) is 0 Å². The van der Waals surface area contributed by atoms with E-state index >= 15 is 0 Å². The van der Waals surface area contributed by atoms with Crippen LogP contribution in [-0.4, -0.2) is 22.6 Å². The Labute approximate surface area is 121 Å². The fourth-order valence-electron chi connectivity index (χ4n) is 3.35. The first-order valence-electron chi connectivity index (χ1n) is 7.63. The van der Waals surface area contributed by atoms with Gasteiger partial charge in [-0.3, -0.25) is 0 Å². The van der Waals surface area contributed by atoms with E-state index in [4.69, 9.17) is 0 Å². The van der Waals surface area contributed by atoms with Gasteiger partial charge in [-0.25, -0.2) is 4.98 Å². The van der Waals surface area contributed by atoms with E-state index in [9.17, 15) is 0 Å². The molecule has 20 heavy (non-hydrogen) atoms. The first-order valence-corrected chi connectivity index (χ1v) is 7.63. The number of hydrogen-bond acceptors (Lipinski definition) is 2. The van der Waals surface area contributed by atoms with Gasteiger partial charge in [-0.1, -0.05) is 30.3 Å². The average Bonchev–Trinajstić information content (AvgIpc) is 2.97. The van der Waals surface area contributed by atoms with Crippen LogP contribution in [-0.2, 0) is 13.0 Å². The molecule has 0 radical (unpaired) electrons. The smallest absolute Gasteiger partial charge is 0.0948 e. The minimum absolute atomic E-state index is 0.624.